The molecule has 1 aliphatic carbocycles. The van der Waals surface area contributed by atoms with Crippen LogP contribution in [0.5, 0.6) is 0 Å². The predicted molar refractivity (Wildman–Crippen MR) is 67.8 cm³/mol. The molecule has 0 aromatic rings. The normalized spacial score (nSPS) is 35.6. The summed E-state index contributed by atoms with van der Waals surface area (Å²) in [5.41, 5.74) is 0.183. The van der Waals surface area contributed by atoms with E-state index in [4.69, 9.17) is 0 Å². The quantitative estimate of drug-likeness (QED) is 0.731. The van der Waals surface area contributed by atoms with Gasteiger partial charge in [0.15, 0.2) is 0 Å². The zero-order chi connectivity index (χ0) is 11.9. The van der Waals surface area contributed by atoms with Crippen molar-refractivity contribution in [1.82, 2.24) is 9.80 Å². The highest BCUT2D eigenvalue weighted by atomic mass is 16.2. The van der Waals surface area contributed by atoms with Gasteiger partial charge in [-0.2, -0.15) is 0 Å². The number of amides is 1. The Morgan fingerprint density at radius 1 is 1.29 bits per heavy atom. The average Bonchev–Trinajstić information content (AvgIpc) is 3.10. The molecule has 1 unspecified atom stereocenters. The molecule has 2 saturated heterocycles. The standard InChI is InChI=1S/C14H24N2O/c1-15-13(17)4-2-7-14(15)8-3-9-16(11-14)10-12-5-6-12/h12H,2-11H2,1H3. The Bertz CT molecular complexity index is 309. The van der Waals surface area contributed by atoms with Crippen LogP contribution in [0, 0.1) is 5.92 Å². The maximum absolute atomic E-state index is 11.9. The van der Waals surface area contributed by atoms with Crippen LogP contribution >= 0.6 is 0 Å². The Morgan fingerprint density at radius 2 is 2.06 bits per heavy atom. The van der Waals surface area contributed by atoms with E-state index in [9.17, 15) is 4.79 Å². The predicted octanol–water partition coefficient (Wildman–Crippen LogP) is 1.87. The summed E-state index contributed by atoms with van der Waals surface area (Å²) in [4.78, 5) is 16.6. The molecule has 0 aromatic carbocycles. The molecule has 3 nitrogen and oxygen atoms in total. The number of likely N-dealkylation sites (tertiary alicyclic amines) is 2. The molecule has 0 bridgehead atoms. The number of carbonyl (C=O) groups excluding carboxylic acids is 1. The first-order valence-electron chi connectivity index (χ1n) is 7.19. The Morgan fingerprint density at radius 3 is 2.82 bits per heavy atom. The number of hydrogen-bond donors (Lipinski definition) is 0. The fraction of sp³-hybridized carbons (Fsp3) is 0.929. The maximum atomic E-state index is 11.9. The Kier molecular flexibility index (Phi) is 2.89. The van der Waals surface area contributed by atoms with Crippen molar-refractivity contribution in [2.24, 2.45) is 5.92 Å². The first-order valence-corrected chi connectivity index (χ1v) is 7.19. The van der Waals surface area contributed by atoms with Crippen LogP contribution < -0.4 is 0 Å². The van der Waals surface area contributed by atoms with Crippen molar-refractivity contribution in [2.45, 2.75) is 50.5 Å². The third-order valence-corrected chi connectivity index (χ3v) is 4.97. The Hall–Kier alpha value is -0.570. The minimum absolute atomic E-state index is 0.183. The van der Waals surface area contributed by atoms with Gasteiger partial charge in [0.25, 0.3) is 0 Å². The van der Waals surface area contributed by atoms with Crippen molar-refractivity contribution in [1.29, 1.82) is 0 Å². The summed E-state index contributed by atoms with van der Waals surface area (Å²) in [6.45, 7) is 3.66. The lowest BCUT2D eigenvalue weighted by Gasteiger charge is -2.51. The molecule has 96 valence electrons. The average molecular weight is 236 g/mol. The van der Waals surface area contributed by atoms with Gasteiger partial charge in [0.2, 0.25) is 5.91 Å². The third-order valence-electron chi connectivity index (χ3n) is 4.97. The molecule has 1 saturated carbocycles. The van der Waals surface area contributed by atoms with Crippen LogP contribution in [0.3, 0.4) is 0 Å². The monoisotopic (exact) mass is 236 g/mol. The lowest BCUT2D eigenvalue weighted by atomic mass is 9.80. The topological polar surface area (TPSA) is 23.6 Å². The van der Waals surface area contributed by atoms with Crippen LogP contribution in [0.1, 0.15) is 44.9 Å². The van der Waals surface area contributed by atoms with Crippen LogP contribution in [-0.4, -0.2) is 47.9 Å². The van der Waals surface area contributed by atoms with Gasteiger partial charge in [0.1, 0.15) is 0 Å². The molecule has 0 aromatic heterocycles. The van der Waals surface area contributed by atoms with Gasteiger partial charge >= 0.3 is 0 Å². The third kappa shape index (κ3) is 2.22. The highest BCUT2D eigenvalue weighted by molar-refractivity contribution is 5.77. The summed E-state index contributed by atoms with van der Waals surface area (Å²) in [6, 6.07) is 0. The molecular formula is C14H24N2O. The van der Waals surface area contributed by atoms with Crippen LogP contribution in [0.25, 0.3) is 0 Å². The Balaban J connectivity index is 1.69. The van der Waals surface area contributed by atoms with Crippen LogP contribution in [0.4, 0.5) is 0 Å². The summed E-state index contributed by atoms with van der Waals surface area (Å²) < 4.78 is 0. The number of carbonyl (C=O) groups is 1. The molecule has 3 aliphatic rings. The lowest BCUT2D eigenvalue weighted by Crippen LogP contribution is -2.61. The number of rotatable bonds is 2. The molecule has 1 spiro atoms. The van der Waals surface area contributed by atoms with E-state index in [-0.39, 0.29) is 5.54 Å². The molecule has 2 heterocycles. The van der Waals surface area contributed by atoms with Gasteiger partial charge in [-0.25, -0.2) is 0 Å². The number of piperidine rings is 2. The molecule has 17 heavy (non-hydrogen) atoms. The van der Waals surface area contributed by atoms with Crippen LogP contribution in [-0.2, 0) is 4.79 Å². The number of hydrogen-bond acceptors (Lipinski definition) is 2. The smallest absolute Gasteiger partial charge is 0.222 e. The van der Waals surface area contributed by atoms with Crippen molar-refractivity contribution in [3.63, 3.8) is 0 Å². The van der Waals surface area contributed by atoms with Gasteiger partial charge in [-0.15, -0.1) is 0 Å². The summed E-state index contributed by atoms with van der Waals surface area (Å²) in [5.74, 6) is 1.33. The van der Waals surface area contributed by atoms with E-state index in [1.54, 1.807) is 0 Å². The fourth-order valence-corrected chi connectivity index (χ4v) is 3.67. The summed E-state index contributed by atoms with van der Waals surface area (Å²) in [6.07, 6.45) is 8.43. The molecule has 3 heteroatoms. The highest BCUT2D eigenvalue weighted by Gasteiger charge is 2.43. The molecule has 1 atom stereocenters. The molecular weight excluding hydrogens is 212 g/mol. The minimum Gasteiger partial charge on any atom is -0.339 e. The van der Waals surface area contributed by atoms with Gasteiger partial charge < -0.3 is 9.80 Å². The molecule has 3 fully saturated rings. The first kappa shape index (κ1) is 11.5. The van der Waals surface area contributed by atoms with Crippen molar-refractivity contribution >= 4 is 5.91 Å². The molecule has 0 radical (unpaired) electrons. The van der Waals surface area contributed by atoms with Gasteiger partial charge in [0.05, 0.1) is 5.54 Å². The van der Waals surface area contributed by atoms with E-state index < -0.39 is 0 Å². The van der Waals surface area contributed by atoms with Gasteiger partial charge in [-0.05, 0) is 51.0 Å². The molecule has 3 rings (SSSR count). The summed E-state index contributed by atoms with van der Waals surface area (Å²) in [5, 5.41) is 0. The van der Waals surface area contributed by atoms with E-state index in [2.05, 4.69) is 9.80 Å². The summed E-state index contributed by atoms with van der Waals surface area (Å²) >= 11 is 0. The van der Waals surface area contributed by atoms with E-state index in [1.807, 2.05) is 7.05 Å². The molecule has 2 aliphatic heterocycles. The second kappa shape index (κ2) is 4.27. The zero-order valence-electron chi connectivity index (χ0n) is 11.0. The Labute approximate surface area is 104 Å². The van der Waals surface area contributed by atoms with Crippen molar-refractivity contribution in [3.8, 4) is 0 Å². The van der Waals surface area contributed by atoms with Crippen molar-refractivity contribution in [2.75, 3.05) is 26.7 Å². The second-order valence-electron chi connectivity index (χ2n) is 6.31. The van der Waals surface area contributed by atoms with E-state index in [1.165, 1.54) is 45.2 Å². The fourth-order valence-electron chi connectivity index (χ4n) is 3.67. The lowest BCUT2D eigenvalue weighted by molar-refractivity contribution is -0.142. The highest BCUT2D eigenvalue weighted by Crippen LogP contribution is 2.37. The van der Waals surface area contributed by atoms with E-state index >= 15 is 0 Å². The molecule has 0 N–H and O–H groups in total. The molecule has 1 amide bonds. The van der Waals surface area contributed by atoms with Crippen LogP contribution in [0.15, 0.2) is 0 Å². The summed E-state index contributed by atoms with van der Waals surface area (Å²) in [7, 11) is 2.03. The number of likely N-dealkylation sites (N-methyl/N-ethyl adjacent to an activating group) is 1. The minimum atomic E-state index is 0.183. The van der Waals surface area contributed by atoms with Gasteiger partial charge in [-0.1, -0.05) is 0 Å². The second-order valence-corrected chi connectivity index (χ2v) is 6.31. The zero-order valence-corrected chi connectivity index (χ0v) is 11.0. The largest absolute Gasteiger partial charge is 0.339 e. The van der Waals surface area contributed by atoms with Crippen molar-refractivity contribution < 1.29 is 4.79 Å². The number of nitrogens with zero attached hydrogens (tertiary/aromatic N) is 2. The maximum Gasteiger partial charge on any atom is 0.222 e. The van der Waals surface area contributed by atoms with Gasteiger partial charge in [-0.3, -0.25) is 4.79 Å². The van der Waals surface area contributed by atoms with Crippen molar-refractivity contribution in [3.05, 3.63) is 0 Å². The van der Waals surface area contributed by atoms with Crippen LogP contribution in [0.2, 0.25) is 0 Å². The van der Waals surface area contributed by atoms with E-state index in [0.717, 1.165) is 25.3 Å². The first-order chi connectivity index (χ1) is 8.20. The SMILES string of the molecule is CN1C(=O)CCCC12CCCN(CC1CC1)C2. The van der Waals surface area contributed by atoms with Gasteiger partial charge in [0, 0.05) is 26.6 Å². The van der Waals surface area contributed by atoms with E-state index in [0.29, 0.717) is 5.91 Å².